The standard InChI is InChI=1S/C19H30N4O/c1-3-20-19(22-15-17-10-5-4-6-11-17)21-13-12-18(24)23-14-8-7-9-16(23)2/h4-6,10-11,16H,3,7-9,12-15H2,1-2H3,(H2,20,21,22). The maximum Gasteiger partial charge on any atom is 0.224 e. The molecule has 0 aliphatic carbocycles. The van der Waals surface area contributed by atoms with Gasteiger partial charge in [-0.2, -0.15) is 0 Å². The molecule has 1 aromatic rings. The Kier molecular flexibility index (Phi) is 7.59. The molecule has 5 heteroatoms. The number of likely N-dealkylation sites (tertiary alicyclic amines) is 1. The summed E-state index contributed by atoms with van der Waals surface area (Å²) in [5.74, 6) is 1.01. The topological polar surface area (TPSA) is 56.7 Å². The number of hydrogen-bond donors (Lipinski definition) is 2. The monoisotopic (exact) mass is 330 g/mol. The van der Waals surface area contributed by atoms with Crippen LogP contribution in [-0.4, -0.2) is 42.4 Å². The lowest BCUT2D eigenvalue weighted by molar-refractivity contribution is -0.134. The summed E-state index contributed by atoms with van der Waals surface area (Å²) in [7, 11) is 0. The zero-order valence-corrected chi connectivity index (χ0v) is 14.9. The number of guanidine groups is 1. The number of carbonyl (C=O) groups is 1. The summed E-state index contributed by atoms with van der Waals surface area (Å²) < 4.78 is 0. The molecule has 0 spiro atoms. The van der Waals surface area contributed by atoms with Gasteiger partial charge >= 0.3 is 0 Å². The number of hydrogen-bond acceptors (Lipinski definition) is 2. The number of nitrogens with one attached hydrogen (secondary N) is 2. The molecule has 2 N–H and O–H groups in total. The van der Waals surface area contributed by atoms with Crippen molar-refractivity contribution < 1.29 is 4.79 Å². The summed E-state index contributed by atoms with van der Waals surface area (Å²) in [4.78, 5) is 19.0. The van der Waals surface area contributed by atoms with E-state index in [9.17, 15) is 4.79 Å². The molecule has 0 bridgehead atoms. The third kappa shape index (κ3) is 5.87. The number of amides is 1. The molecule has 1 fully saturated rings. The van der Waals surface area contributed by atoms with Gasteiger partial charge in [-0.25, -0.2) is 4.99 Å². The molecule has 2 rings (SSSR count). The molecule has 1 saturated heterocycles. The zero-order chi connectivity index (χ0) is 17.2. The lowest BCUT2D eigenvalue weighted by atomic mass is 10.0. The van der Waals surface area contributed by atoms with Crippen molar-refractivity contribution >= 4 is 11.9 Å². The fourth-order valence-corrected chi connectivity index (χ4v) is 3.00. The van der Waals surface area contributed by atoms with Crippen LogP contribution in [0.4, 0.5) is 0 Å². The first-order chi connectivity index (χ1) is 11.7. The highest BCUT2D eigenvalue weighted by atomic mass is 16.2. The SMILES string of the molecule is CCNC(=NCc1ccccc1)NCCC(=O)N1CCCCC1C. The van der Waals surface area contributed by atoms with Crippen LogP contribution in [0.15, 0.2) is 35.3 Å². The molecule has 0 aromatic heterocycles. The number of benzene rings is 1. The molecule has 1 aliphatic rings. The van der Waals surface area contributed by atoms with Gasteiger partial charge in [0.1, 0.15) is 0 Å². The molecular formula is C19H30N4O. The Labute approximate surface area is 145 Å². The Balaban J connectivity index is 1.79. The van der Waals surface area contributed by atoms with Crippen molar-refractivity contribution in [3.8, 4) is 0 Å². The number of aliphatic imine (C=N–C) groups is 1. The highest BCUT2D eigenvalue weighted by Gasteiger charge is 2.22. The predicted octanol–water partition coefficient (Wildman–Crippen LogP) is 2.53. The van der Waals surface area contributed by atoms with Crippen LogP contribution in [0.1, 0.15) is 45.1 Å². The molecule has 1 unspecified atom stereocenters. The van der Waals surface area contributed by atoms with Gasteiger partial charge in [0.25, 0.3) is 0 Å². The van der Waals surface area contributed by atoms with E-state index in [-0.39, 0.29) is 5.91 Å². The van der Waals surface area contributed by atoms with Crippen LogP contribution in [0.2, 0.25) is 0 Å². The number of nitrogens with zero attached hydrogens (tertiary/aromatic N) is 2. The summed E-state index contributed by atoms with van der Waals surface area (Å²) in [6.07, 6.45) is 4.00. The number of rotatable bonds is 6. The minimum Gasteiger partial charge on any atom is -0.357 e. The molecule has 1 heterocycles. The van der Waals surface area contributed by atoms with Gasteiger partial charge in [-0.1, -0.05) is 30.3 Å². The van der Waals surface area contributed by atoms with Crippen molar-refractivity contribution in [1.82, 2.24) is 15.5 Å². The predicted molar refractivity (Wildman–Crippen MR) is 98.9 cm³/mol. The van der Waals surface area contributed by atoms with E-state index in [0.29, 0.717) is 25.6 Å². The summed E-state index contributed by atoms with van der Waals surface area (Å²) >= 11 is 0. The van der Waals surface area contributed by atoms with Crippen LogP contribution in [0, 0.1) is 0 Å². The van der Waals surface area contributed by atoms with Gasteiger partial charge in [0.15, 0.2) is 5.96 Å². The van der Waals surface area contributed by atoms with Gasteiger partial charge in [0, 0.05) is 32.1 Å². The summed E-state index contributed by atoms with van der Waals surface area (Å²) in [6, 6.07) is 10.5. The van der Waals surface area contributed by atoms with Crippen molar-refractivity contribution in [3.05, 3.63) is 35.9 Å². The highest BCUT2D eigenvalue weighted by Crippen LogP contribution is 2.16. The Bertz CT molecular complexity index is 529. The first kappa shape index (κ1) is 18.3. The van der Waals surface area contributed by atoms with Crippen LogP contribution in [0.25, 0.3) is 0 Å². The van der Waals surface area contributed by atoms with Gasteiger partial charge in [0.05, 0.1) is 6.54 Å². The molecule has 132 valence electrons. The van der Waals surface area contributed by atoms with Crippen molar-refractivity contribution in [2.24, 2.45) is 4.99 Å². The van der Waals surface area contributed by atoms with Crippen molar-refractivity contribution in [2.75, 3.05) is 19.6 Å². The second-order valence-corrected chi connectivity index (χ2v) is 6.29. The number of piperidine rings is 1. The van der Waals surface area contributed by atoms with Gasteiger partial charge < -0.3 is 15.5 Å². The van der Waals surface area contributed by atoms with E-state index in [1.165, 1.54) is 12.0 Å². The lowest BCUT2D eigenvalue weighted by Crippen LogP contribution is -2.44. The van der Waals surface area contributed by atoms with Crippen LogP contribution in [-0.2, 0) is 11.3 Å². The third-order valence-corrected chi connectivity index (χ3v) is 4.36. The van der Waals surface area contributed by atoms with Gasteiger partial charge in [-0.3, -0.25) is 4.79 Å². The quantitative estimate of drug-likeness (QED) is 0.622. The van der Waals surface area contributed by atoms with E-state index in [1.54, 1.807) is 0 Å². The van der Waals surface area contributed by atoms with Crippen LogP contribution >= 0.6 is 0 Å². The van der Waals surface area contributed by atoms with Gasteiger partial charge in [0.2, 0.25) is 5.91 Å². The first-order valence-electron chi connectivity index (χ1n) is 9.06. The Morgan fingerprint density at radius 2 is 2.04 bits per heavy atom. The third-order valence-electron chi connectivity index (χ3n) is 4.36. The van der Waals surface area contributed by atoms with E-state index in [0.717, 1.165) is 31.9 Å². The molecule has 0 radical (unpaired) electrons. The second kappa shape index (κ2) is 9.96. The maximum atomic E-state index is 12.4. The van der Waals surface area contributed by atoms with E-state index in [4.69, 9.17) is 0 Å². The number of carbonyl (C=O) groups excluding carboxylic acids is 1. The van der Waals surface area contributed by atoms with E-state index < -0.39 is 0 Å². The molecule has 24 heavy (non-hydrogen) atoms. The second-order valence-electron chi connectivity index (χ2n) is 6.29. The largest absolute Gasteiger partial charge is 0.357 e. The fourth-order valence-electron chi connectivity index (χ4n) is 3.00. The van der Waals surface area contributed by atoms with Crippen LogP contribution in [0.3, 0.4) is 0 Å². The van der Waals surface area contributed by atoms with Gasteiger partial charge in [-0.05, 0) is 38.7 Å². The molecule has 1 amide bonds. The molecule has 1 atom stereocenters. The van der Waals surface area contributed by atoms with Crippen molar-refractivity contribution in [1.29, 1.82) is 0 Å². The van der Waals surface area contributed by atoms with E-state index >= 15 is 0 Å². The molecule has 5 nitrogen and oxygen atoms in total. The first-order valence-corrected chi connectivity index (χ1v) is 9.06. The lowest BCUT2D eigenvalue weighted by Gasteiger charge is -2.33. The van der Waals surface area contributed by atoms with Crippen molar-refractivity contribution in [2.45, 2.75) is 52.1 Å². The van der Waals surface area contributed by atoms with Crippen LogP contribution in [0.5, 0.6) is 0 Å². The Hall–Kier alpha value is -2.04. The smallest absolute Gasteiger partial charge is 0.224 e. The summed E-state index contributed by atoms with van der Waals surface area (Å²) in [6.45, 7) is 7.14. The fraction of sp³-hybridized carbons (Fsp3) is 0.579. The normalized spacial score (nSPS) is 18.3. The molecular weight excluding hydrogens is 300 g/mol. The molecule has 0 saturated carbocycles. The Morgan fingerprint density at radius 1 is 1.25 bits per heavy atom. The van der Waals surface area contributed by atoms with Gasteiger partial charge in [-0.15, -0.1) is 0 Å². The zero-order valence-electron chi connectivity index (χ0n) is 14.9. The van der Waals surface area contributed by atoms with Crippen LogP contribution < -0.4 is 10.6 Å². The minimum absolute atomic E-state index is 0.244. The Morgan fingerprint density at radius 3 is 2.75 bits per heavy atom. The molecule has 1 aliphatic heterocycles. The van der Waals surface area contributed by atoms with E-state index in [1.807, 2.05) is 30.0 Å². The minimum atomic E-state index is 0.244. The average molecular weight is 330 g/mol. The molecule has 1 aromatic carbocycles. The summed E-state index contributed by atoms with van der Waals surface area (Å²) in [5.41, 5.74) is 1.17. The maximum absolute atomic E-state index is 12.4. The highest BCUT2D eigenvalue weighted by molar-refractivity contribution is 5.81. The average Bonchev–Trinajstić information content (AvgIpc) is 2.61. The van der Waals surface area contributed by atoms with E-state index in [2.05, 4.69) is 34.7 Å². The summed E-state index contributed by atoms with van der Waals surface area (Å²) in [5, 5.41) is 6.50. The van der Waals surface area contributed by atoms with Crippen molar-refractivity contribution in [3.63, 3.8) is 0 Å².